The van der Waals surface area contributed by atoms with Crippen molar-refractivity contribution >= 4 is 22.9 Å². The number of piperazine rings is 1. The van der Waals surface area contributed by atoms with Crippen LogP contribution in [0.15, 0.2) is 48.5 Å². The number of benzene rings is 2. The third-order valence-corrected chi connectivity index (χ3v) is 4.90. The maximum atomic E-state index is 11.7. The quantitative estimate of drug-likeness (QED) is 0.811. The number of Topliss-reactive ketones (excluding diaryl/α,β-unsaturated/α-hetero) is 2. The van der Waals surface area contributed by atoms with Gasteiger partial charge in [0, 0.05) is 55.1 Å². The van der Waals surface area contributed by atoms with Crippen molar-refractivity contribution < 1.29 is 9.59 Å². The number of anilines is 2. The second-order valence-electron chi connectivity index (χ2n) is 6.47. The molecule has 26 heavy (non-hydrogen) atoms. The number of hydrogen-bond donors (Lipinski definition) is 1. The third-order valence-electron chi connectivity index (χ3n) is 4.90. The Bertz CT molecular complexity index is 693. The van der Waals surface area contributed by atoms with E-state index in [1.54, 1.807) is 0 Å². The Balaban J connectivity index is 1.60. The molecule has 1 heterocycles. The summed E-state index contributed by atoms with van der Waals surface area (Å²) in [7, 11) is 0. The van der Waals surface area contributed by atoms with Crippen LogP contribution in [0.25, 0.3) is 0 Å². The Kier molecular flexibility index (Phi) is 5.68. The smallest absolute Gasteiger partial charge is 0.176 e. The molecule has 3 rings (SSSR count). The molecule has 0 aromatic heterocycles. The molecular weight excluding hydrogens is 326 g/mol. The van der Waals surface area contributed by atoms with Crippen LogP contribution in [0.2, 0.25) is 0 Å². The molecule has 1 aliphatic rings. The van der Waals surface area contributed by atoms with E-state index in [0.29, 0.717) is 12.0 Å². The van der Waals surface area contributed by atoms with E-state index in [-0.39, 0.29) is 18.1 Å². The van der Waals surface area contributed by atoms with Gasteiger partial charge in [-0.2, -0.15) is 0 Å². The van der Waals surface area contributed by atoms with Gasteiger partial charge in [-0.05, 0) is 48.5 Å². The third kappa shape index (κ3) is 3.94. The first-order chi connectivity index (χ1) is 12.6. The largest absolute Gasteiger partial charge is 0.368 e. The first-order valence-electron chi connectivity index (χ1n) is 9.09. The average molecular weight is 351 g/mol. The molecule has 0 radical (unpaired) electrons. The zero-order valence-electron chi connectivity index (χ0n) is 15.1. The molecule has 1 fully saturated rings. The molecule has 0 bridgehead atoms. The lowest BCUT2D eigenvalue weighted by atomic mass is 10.1. The van der Waals surface area contributed by atoms with Crippen molar-refractivity contribution in [3.8, 4) is 0 Å². The Morgan fingerprint density at radius 2 is 1.15 bits per heavy atom. The number of carbonyl (C=O) groups excluding carboxylic acids is 2. The second kappa shape index (κ2) is 8.15. The van der Waals surface area contributed by atoms with Gasteiger partial charge in [0.05, 0.1) is 6.54 Å². The van der Waals surface area contributed by atoms with E-state index >= 15 is 0 Å². The Hall–Kier alpha value is -2.66. The van der Waals surface area contributed by atoms with E-state index in [0.717, 1.165) is 43.1 Å². The summed E-state index contributed by atoms with van der Waals surface area (Å²) in [5, 5.41) is 0. The van der Waals surface area contributed by atoms with Gasteiger partial charge in [-0.1, -0.05) is 6.92 Å². The maximum Gasteiger partial charge on any atom is 0.176 e. The van der Waals surface area contributed by atoms with Gasteiger partial charge < -0.3 is 15.5 Å². The molecular formula is C21H25N3O2. The molecule has 0 atom stereocenters. The number of hydrogen-bond acceptors (Lipinski definition) is 5. The van der Waals surface area contributed by atoms with Crippen LogP contribution >= 0.6 is 0 Å². The highest BCUT2D eigenvalue weighted by molar-refractivity contribution is 5.97. The molecule has 5 heteroatoms. The van der Waals surface area contributed by atoms with Gasteiger partial charge in [0.2, 0.25) is 0 Å². The van der Waals surface area contributed by atoms with Gasteiger partial charge in [-0.15, -0.1) is 0 Å². The summed E-state index contributed by atoms with van der Waals surface area (Å²) in [6, 6.07) is 15.6. The van der Waals surface area contributed by atoms with E-state index in [9.17, 15) is 9.59 Å². The molecule has 0 saturated carbocycles. The molecule has 2 aromatic rings. The van der Waals surface area contributed by atoms with Crippen LogP contribution in [-0.4, -0.2) is 44.3 Å². The molecule has 1 saturated heterocycles. The van der Waals surface area contributed by atoms with Crippen molar-refractivity contribution in [2.75, 3.05) is 42.5 Å². The summed E-state index contributed by atoms with van der Waals surface area (Å²) in [6.45, 7) is 5.60. The predicted molar refractivity (Wildman–Crippen MR) is 105 cm³/mol. The van der Waals surface area contributed by atoms with Crippen LogP contribution in [-0.2, 0) is 0 Å². The zero-order chi connectivity index (χ0) is 18.5. The first-order valence-corrected chi connectivity index (χ1v) is 9.09. The first kappa shape index (κ1) is 18.1. The van der Waals surface area contributed by atoms with E-state index in [2.05, 4.69) is 9.80 Å². The lowest BCUT2D eigenvalue weighted by Crippen LogP contribution is -2.46. The Morgan fingerprint density at radius 3 is 1.50 bits per heavy atom. The van der Waals surface area contributed by atoms with Crippen molar-refractivity contribution in [1.29, 1.82) is 0 Å². The van der Waals surface area contributed by atoms with Crippen LogP contribution in [0.3, 0.4) is 0 Å². The highest BCUT2D eigenvalue weighted by Crippen LogP contribution is 2.22. The molecule has 0 spiro atoms. The highest BCUT2D eigenvalue weighted by atomic mass is 16.1. The molecule has 1 aliphatic heterocycles. The minimum atomic E-state index is -0.0358. The zero-order valence-corrected chi connectivity index (χ0v) is 15.1. The summed E-state index contributed by atoms with van der Waals surface area (Å²) < 4.78 is 0. The predicted octanol–water partition coefficient (Wildman–Crippen LogP) is 2.75. The summed E-state index contributed by atoms with van der Waals surface area (Å²) in [4.78, 5) is 28.0. The summed E-state index contributed by atoms with van der Waals surface area (Å²) >= 11 is 0. The second-order valence-corrected chi connectivity index (χ2v) is 6.47. The summed E-state index contributed by atoms with van der Waals surface area (Å²) in [5.74, 6) is 0.143. The van der Waals surface area contributed by atoms with Crippen molar-refractivity contribution in [2.45, 2.75) is 13.3 Å². The average Bonchev–Trinajstić information content (AvgIpc) is 2.73. The minimum absolute atomic E-state index is 0.0358. The standard InChI is InChI=1S/C21H25N3O2/c1-2-20(25)16-3-7-18(8-4-16)23-11-13-24(14-12-23)19-9-5-17(6-10-19)21(26)15-22/h3-10H,2,11-15,22H2,1H3. The topological polar surface area (TPSA) is 66.6 Å². The molecule has 0 aliphatic carbocycles. The minimum Gasteiger partial charge on any atom is -0.368 e. The fourth-order valence-corrected chi connectivity index (χ4v) is 3.26. The van der Waals surface area contributed by atoms with Gasteiger partial charge in [0.15, 0.2) is 11.6 Å². The molecule has 5 nitrogen and oxygen atoms in total. The summed E-state index contributed by atoms with van der Waals surface area (Å²) in [6.07, 6.45) is 0.535. The van der Waals surface area contributed by atoms with Crippen LogP contribution in [0.1, 0.15) is 34.1 Å². The van der Waals surface area contributed by atoms with Crippen molar-refractivity contribution in [3.63, 3.8) is 0 Å². The van der Waals surface area contributed by atoms with E-state index in [1.807, 2.05) is 55.5 Å². The normalized spacial score (nSPS) is 14.4. The van der Waals surface area contributed by atoms with Gasteiger partial charge in [-0.3, -0.25) is 9.59 Å². The van der Waals surface area contributed by atoms with Crippen LogP contribution < -0.4 is 15.5 Å². The van der Waals surface area contributed by atoms with E-state index < -0.39 is 0 Å². The van der Waals surface area contributed by atoms with Crippen molar-refractivity contribution in [1.82, 2.24) is 0 Å². The molecule has 0 amide bonds. The SMILES string of the molecule is CCC(=O)c1ccc(N2CCN(c3ccc(C(=O)CN)cc3)CC2)cc1. The fraction of sp³-hybridized carbons (Fsp3) is 0.333. The monoisotopic (exact) mass is 351 g/mol. The Morgan fingerprint density at radius 1 is 0.769 bits per heavy atom. The van der Waals surface area contributed by atoms with Crippen molar-refractivity contribution in [3.05, 3.63) is 59.7 Å². The summed E-state index contributed by atoms with van der Waals surface area (Å²) in [5.41, 5.74) is 9.13. The molecule has 2 N–H and O–H groups in total. The number of carbonyl (C=O) groups is 2. The van der Waals surface area contributed by atoms with Gasteiger partial charge >= 0.3 is 0 Å². The molecule has 2 aromatic carbocycles. The highest BCUT2D eigenvalue weighted by Gasteiger charge is 2.18. The van der Waals surface area contributed by atoms with Gasteiger partial charge in [0.1, 0.15) is 0 Å². The number of ketones is 2. The Labute approximate surface area is 154 Å². The number of nitrogens with two attached hydrogens (primary N) is 1. The lowest BCUT2D eigenvalue weighted by molar-refractivity contribution is 0.0984. The van der Waals surface area contributed by atoms with Gasteiger partial charge in [0.25, 0.3) is 0 Å². The lowest BCUT2D eigenvalue weighted by Gasteiger charge is -2.37. The number of nitrogens with zero attached hydrogens (tertiary/aromatic N) is 2. The van der Waals surface area contributed by atoms with E-state index in [1.165, 1.54) is 0 Å². The van der Waals surface area contributed by atoms with E-state index in [4.69, 9.17) is 5.73 Å². The fourth-order valence-electron chi connectivity index (χ4n) is 3.26. The van der Waals surface area contributed by atoms with Crippen LogP contribution in [0.4, 0.5) is 11.4 Å². The number of rotatable bonds is 6. The van der Waals surface area contributed by atoms with Crippen LogP contribution in [0.5, 0.6) is 0 Å². The van der Waals surface area contributed by atoms with Crippen molar-refractivity contribution in [2.24, 2.45) is 5.73 Å². The van der Waals surface area contributed by atoms with Crippen LogP contribution in [0, 0.1) is 0 Å². The molecule has 0 unspecified atom stereocenters. The van der Waals surface area contributed by atoms with Gasteiger partial charge in [-0.25, -0.2) is 0 Å². The maximum absolute atomic E-state index is 11.7. The molecule has 136 valence electrons.